The average molecular weight is 258 g/mol. The Morgan fingerprint density at radius 3 is 2.94 bits per heavy atom. The topological polar surface area (TPSA) is 39.2 Å². The van der Waals surface area contributed by atoms with Crippen molar-refractivity contribution in [2.75, 3.05) is 6.61 Å². The normalized spacial score (nSPS) is 16.6. The molecule has 1 saturated carbocycles. The van der Waals surface area contributed by atoms with Gasteiger partial charge in [0.15, 0.2) is 5.82 Å². The lowest BCUT2D eigenvalue weighted by Crippen LogP contribution is -2.19. The second-order valence-corrected chi connectivity index (χ2v) is 4.50. The van der Waals surface area contributed by atoms with Crippen LogP contribution in [0, 0.1) is 11.7 Å². The maximum atomic E-state index is 13.0. The molecule has 3 nitrogen and oxygen atoms in total. The van der Waals surface area contributed by atoms with Crippen molar-refractivity contribution in [3.05, 3.63) is 28.8 Å². The number of pyridine rings is 1. The molecule has 0 spiro atoms. The number of hydrogen-bond donors (Lipinski definition) is 0. The molecule has 0 radical (unpaired) electrons. The molecule has 0 bridgehead atoms. The van der Waals surface area contributed by atoms with E-state index in [1.807, 2.05) is 0 Å². The van der Waals surface area contributed by atoms with Gasteiger partial charge in [0.25, 0.3) is 0 Å². The van der Waals surface area contributed by atoms with Crippen LogP contribution in [-0.2, 0) is 9.53 Å². The molecule has 2 rings (SSSR count). The SMILES string of the molecule is CCOC(=O)C(c1cc(Cl)c(F)cn1)C1CC1. The summed E-state index contributed by atoms with van der Waals surface area (Å²) in [6.07, 6.45) is 2.99. The van der Waals surface area contributed by atoms with Gasteiger partial charge >= 0.3 is 5.97 Å². The van der Waals surface area contributed by atoms with Gasteiger partial charge < -0.3 is 4.74 Å². The lowest BCUT2D eigenvalue weighted by Gasteiger charge is -2.14. The number of hydrogen-bond acceptors (Lipinski definition) is 3. The Labute approximate surface area is 104 Å². The monoisotopic (exact) mass is 257 g/mol. The van der Waals surface area contributed by atoms with Gasteiger partial charge in [-0.1, -0.05) is 11.6 Å². The fraction of sp³-hybridized carbons (Fsp3) is 0.500. The van der Waals surface area contributed by atoms with Crippen molar-refractivity contribution in [3.8, 4) is 0 Å². The van der Waals surface area contributed by atoms with Gasteiger partial charge in [0, 0.05) is 0 Å². The first kappa shape index (κ1) is 12.3. The van der Waals surface area contributed by atoms with Gasteiger partial charge in [-0.2, -0.15) is 0 Å². The van der Waals surface area contributed by atoms with Gasteiger partial charge in [-0.05, 0) is 31.7 Å². The van der Waals surface area contributed by atoms with E-state index in [-0.39, 0.29) is 16.9 Å². The second-order valence-electron chi connectivity index (χ2n) is 4.09. The van der Waals surface area contributed by atoms with E-state index in [0.29, 0.717) is 12.3 Å². The molecule has 1 unspecified atom stereocenters. The molecule has 0 aromatic carbocycles. The van der Waals surface area contributed by atoms with Crippen LogP contribution in [0.1, 0.15) is 31.4 Å². The number of esters is 1. The standard InChI is InChI=1S/C12H13ClFNO2/c1-2-17-12(16)11(7-3-4-7)10-5-8(13)9(14)6-15-10/h5-7,11H,2-4H2,1H3. The molecule has 92 valence electrons. The highest BCUT2D eigenvalue weighted by molar-refractivity contribution is 6.30. The maximum Gasteiger partial charge on any atom is 0.315 e. The lowest BCUT2D eigenvalue weighted by molar-refractivity contribution is -0.145. The average Bonchev–Trinajstić information content (AvgIpc) is 3.08. The zero-order chi connectivity index (χ0) is 12.4. The largest absolute Gasteiger partial charge is 0.465 e. The molecule has 0 amide bonds. The molecule has 17 heavy (non-hydrogen) atoms. The third kappa shape index (κ3) is 2.75. The summed E-state index contributed by atoms with van der Waals surface area (Å²) in [5.74, 6) is -1.03. The first-order valence-electron chi connectivity index (χ1n) is 5.61. The van der Waals surface area contributed by atoms with Crippen LogP contribution in [0.25, 0.3) is 0 Å². The van der Waals surface area contributed by atoms with E-state index in [1.54, 1.807) is 6.92 Å². The summed E-state index contributed by atoms with van der Waals surface area (Å²) in [6, 6.07) is 1.41. The minimum Gasteiger partial charge on any atom is -0.465 e. The van der Waals surface area contributed by atoms with Gasteiger partial charge in [-0.25, -0.2) is 4.39 Å². The lowest BCUT2D eigenvalue weighted by atomic mass is 9.99. The minimum atomic E-state index is -0.575. The predicted molar refractivity (Wildman–Crippen MR) is 61.3 cm³/mol. The van der Waals surface area contributed by atoms with Gasteiger partial charge in [0.1, 0.15) is 5.92 Å². The molecule has 1 fully saturated rings. The van der Waals surface area contributed by atoms with Gasteiger partial charge in [0.2, 0.25) is 0 Å². The van der Waals surface area contributed by atoms with Crippen LogP contribution in [0.2, 0.25) is 5.02 Å². The number of aromatic nitrogens is 1. The van der Waals surface area contributed by atoms with Crippen molar-refractivity contribution in [2.45, 2.75) is 25.7 Å². The summed E-state index contributed by atoms with van der Waals surface area (Å²) < 4.78 is 18.0. The van der Waals surface area contributed by atoms with Crippen molar-refractivity contribution in [1.29, 1.82) is 0 Å². The molecule has 0 saturated heterocycles. The van der Waals surface area contributed by atoms with E-state index in [1.165, 1.54) is 6.07 Å². The fourth-order valence-corrected chi connectivity index (χ4v) is 1.98. The van der Waals surface area contributed by atoms with E-state index in [0.717, 1.165) is 19.0 Å². The number of nitrogens with zero attached hydrogens (tertiary/aromatic N) is 1. The fourth-order valence-electron chi connectivity index (χ4n) is 1.82. The number of carbonyl (C=O) groups excluding carboxylic acids is 1. The van der Waals surface area contributed by atoms with Crippen LogP contribution in [0.15, 0.2) is 12.3 Å². The first-order chi connectivity index (χ1) is 8.13. The maximum absolute atomic E-state index is 13.0. The van der Waals surface area contributed by atoms with Crippen LogP contribution in [-0.4, -0.2) is 17.6 Å². The van der Waals surface area contributed by atoms with E-state index in [2.05, 4.69) is 4.98 Å². The third-order valence-electron chi connectivity index (χ3n) is 2.78. The number of rotatable bonds is 4. The molecular formula is C12H13ClFNO2. The molecular weight excluding hydrogens is 245 g/mol. The highest BCUT2D eigenvalue weighted by Gasteiger charge is 2.39. The molecule has 1 atom stereocenters. The Morgan fingerprint density at radius 2 is 2.41 bits per heavy atom. The summed E-state index contributed by atoms with van der Waals surface area (Å²) in [6.45, 7) is 2.09. The van der Waals surface area contributed by atoms with Crippen molar-refractivity contribution < 1.29 is 13.9 Å². The van der Waals surface area contributed by atoms with Gasteiger partial charge in [0.05, 0.1) is 23.5 Å². The number of ether oxygens (including phenoxy) is 1. The summed E-state index contributed by atoms with van der Waals surface area (Å²) >= 11 is 5.70. The highest BCUT2D eigenvalue weighted by Crippen LogP contribution is 2.43. The van der Waals surface area contributed by atoms with Crippen molar-refractivity contribution in [1.82, 2.24) is 4.98 Å². The quantitative estimate of drug-likeness (QED) is 0.779. The minimum absolute atomic E-state index is 0.00931. The number of carbonyl (C=O) groups is 1. The van der Waals surface area contributed by atoms with Gasteiger partial charge in [-0.15, -0.1) is 0 Å². The zero-order valence-corrected chi connectivity index (χ0v) is 10.2. The van der Waals surface area contributed by atoms with Crippen molar-refractivity contribution in [3.63, 3.8) is 0 Å². The first-order valence-corrected chi connectivity index (χ1v) is 5.98. The van der Waals surface area contributed by atoms with E-state index >= 15 is 0 Å². The summed E-state index contributed by atoms with van der Waals surface area (Å²) in [5, 5.41) is -0.00931. The predicted octanol–water partition coefficient (Wildman–Crippen LogP) is 2.93. The molecule has 5 heteroatoms. The van der Waals surface area contributed by atoms with Gasteiger partial charge in [-0.3, -0.25) is 9.78 Å². The van der Waals surface area contributed by atoms with Crippen LogP contribution in [0.5, 0.6) is 0 Å². The summed E-state index contributed by atoms with van der Waals surface area (Å²) in [4.78, 5) is 15.8. The Balaban J connectivity index is 2.26. The Morgan fingerprint density at radius 1 is 1.71 bits per heavy atom. The van der Waals surface area contributed by atoms with Crippen molar-refractivity contribution >= 4 is 17.6 Å². The summed E-state index contributed by atoms with van der Waals surface area (Å²) in [7, 11) is 0. The van der Waals surface area contributed by atoms with Crippen LogP contribution in [0.4, 0.5) is 4.39 Å². The molecule has 0 N–H and O–H groups in total. The Kier molecular flexibility index (Phi) is 3.62. The Bertz CT molecular complexity index is 435. The Hall–Kier alpha value is -1.16. The molecule has 1 aromatic rings. The van der Waals surface area contributed by atoms with E-state index < -0.39 is 11.7 Å². The third-order valence-corrected chi connectivity index (χ3v) is 3.07. The highest BCUT2D eigenvalue weighted by atomic mass is 35.5. The molecule has 0 aliphatic heterocycles. The zero-order valence-electron chi connectivity index (χ0n) is 9.45. The van der Waals surface area contributed by atoms with Crippen molar-refractivity contribution in [2.24, 2.45) is 5.92 Å². The second kappa shape index (κ2) is 5.00. The van der Waals surface area contributed by atoms with E-state index in [4.69, 9.17) is 16.3 Å². The molecule has 1 aromatic heterocycles. The number of halogens is 2. The van der Waals surface area contributed by atoms with E-state index in [9.17, 15) is 9.18 Å². The van der Waals surface area contributed by atoms with Crippen LogP contribution < -0.4 is 0 Å². The van der Waals surface area contributed by atoms with Crippen LogP contribution >= 0.6 is 11.6 Å². The summed E-state index contributed by atoms with van der Waals surface area (Å²) in [5.41, 5.74) is 0.498. The van der Waals surface area contributed by atoms with Crippen LogP contribution in [0.3, 0.4) is 0 Å². The molecule has 1 heterocycles. The molecule has 1 aliphatic rings. The molecule has 1 aliphatic carbocycles. The smallest absolute Gasteiger partial charge is 0.315 e.